The summed E-state index contributed by atoms with van der Waals surface area (Å²) in [5.74, 6) is 0.616. The topological polar surface area (TPSA) is 50.4 Å². The van der Waals surface area contributed by atoms with Gasteiger partial charge in [0.1, 0.15) is 0 Å². The summed E-state index contributed by atoms with van der Waals surface area (Å²) in [5.41, 5.74) is 2.00. The van der Waals surface area contributed by atoms with Crippen LogP contribution in [0.5, 0.6) is 0 Å². The second-order valence-electron chi connectivity index (χ2n) is 5.54. The van der Waals surface area contributed by atoms with E-state index in [-0.39, 0.29) is 5.91 Å². The van der Waals surface area contributed by atoms with Gasteiger partial charge in [0.05, 0.1) is 6.54 Å². The van der Waals surface area contributed by atoms with Gasteiger partial charge in [-0.1, -0.05) is 12.1 Å². The Bertz CT molecular complexity index is 442. The summed E-state index contributed by atoms with van der Waals surface area (Å²) in [5, 5.41) is 6.23. The van der Waals surface area contributed by atoms with Gasteiger partial charge in [0.2, 0.25) is 5.91 Å². The second kappa shape index (κ2) is 7.41. The van der Waals surface area contributed by atoms with Crippen molar-refractivity contribution < 1.29 is 9.53 Å². The Morgan fingerprint density at radius 3 is 2.85 bits per heavy atom. The molecule has 2 rings (SSSR count). The molecule has 4 heteroatoms. The lowest BCUT2D eigenvalue weighted by atomic mass is 9.93. The van der Waals surface area contributed by atoms with Crippen LogP contribution in [-0.2, 0) is 9.53 Å². The van der Waals surface area contributed by atoms with Crippen LogP contribution in [0.25, 0.3) is 0 Å². The monoisotopic (exact) mass is 276 g/mol. The minimum Gasteiger partial charge on any atom is -0.381 e. The lowest BCUT2D eigenvalue weighted by molar-refractivity contribution is -0.115. The fourth-order valence-corrected chi connectivity index (χ4v) is 2.56. The predicted molar refractivity (Wildman–Crippen MR) is 80.8 cm³/mol. The lowest BCUT2D eigenvalue weighted by Gasteiger charge is -2.28. The number of carbonyl (C=O) groups is 1. The number of hydrogen-bond acceptors (Lipinski definition) is 3. The number of anilines is 1. The summed E-state index contributed by atoms with van der Waals surface area (Å²) in [6, 6.07) is 8.19. The van der Waals surface area contributed by atoms with Crippen LogP contribution in [0.1, 0.15) is 25.3 Å². The fourth-order valence-electron chi connectivity index (χ4n) is 2.56. The molecule has 20 heavy (non-hydrogen) atoms. The third kappa shape index (κ3) is 4.62. The van der Waals surface area contributed by atoms with Crippen LogP contribution in [0.3, 0.4) is 0 Å². The first-order valence-electron chi connectivity index (χ1n) is 7.33. The van der Waals surface area contributed by atoms with Crippen LogP contribution in [-0.4, -0.2) is 31.7 Å². The third-order valence-corrected chi connectivity index (χ3v) is 3.86. The third-order valence-electron chi connectivity index (χ3n) is 3.86. The standard InChI is InChI=1S/C16H24N2O2/c1-12-4-3-5-15(10-12)18-16(19)11-17-13(2)14-6-8-20-9-7-14/h3-5,10,13-14,17H,6-9,11H2,1-2H3,(H,18,19)/t13-/m1/s1. The van der Waals surface area contributed by atoms with E-state index in [1.807, 2.05) is 31.2 Å². The highest BCUT2D eigenvalue weighted by molar-refractivity contribution is 5.92. The summed E-state index contributed by atoms with van der Waals surface area (Å²) in [7, 11) is 0. The van der Waals surface area contributed by atoms with Gasteiger partial charge < -0.3 is 15.4 Å². The Kier molecular flexibility index (Phi) is 5.56. The zero-order valence-corrected chi connectivity index (χ0v) is 12.3. The van der Waals surface area contributed by atoms with Crippen molar-refractivity contribution in [3.05, 3.63) is 29.8 Å². The van der Waals surface area contributed by atoms with E-state index in [1.165, 1.54) is 0 Å². The largest absolute Gasteiger partial charge is 0.381 e. The van der Waals surface area contributed by atoms with Crippen molar-refractivity contribution in [3.8, 4) is 0 Å². The van der Waals surface area contributed by atoms with E-state index in [4.69, 9.17) is 4.74 Å². The molecule has 1 aromatic carbocycles. The molecule has 4 nitrogen and oxygen atoms in total. The number of aryl methyl sites for hydroxylation is 1. The van der Waals surface area contributed by atoms with Gasteiger partial charge in [0.25, 0.3) is 0 Å². The quantitative estimate of drug-likeness (QED) is 0.868. The average Bonchev–Trinajstić information content (AvgIpc) is 2.46. The van der Waals surface area contributed by atoms with Crippen LogP contribution in [0.2, 0.25) is 0 Å². The predicted octanol–water partition coefficient (Wildman–Crippen LogP) is 2.34. The Hall–Kier alpha value is -1.39. The lowest BCUT2D eigenvalue weighted by Crippen LogP contribution is -2.40. The maximum absolute atomic E-state index is 11.9. The van der Waals surface area contributed by atoms with Crippen molar-refractivity contribution in [1.82, 2.24) is 5.32 Å². The number of nitrogens with one attached hydrogen (secondary N) is 2. The molecule has 1 heterocycles. The van der Waals surface area contributed by atoms with E-state index in [1.54, 1.807) is 0 Å². The molecule has 2 N–H and O–H groups in total. The van der Waals surface area contributed by atoms with Crippen molar-refractivity contribution in [3.63, 3.8) is 0 Å². The van der Waals surface area contributed by atoms with Crippen LogP contribution in [0.15, 0.2) is 24.3 Å². The molecule has 1 aromatic rings. The maximum atomic E-state index is 11.9. The minimum atomic E-state index is 0.00881. The van der Waals surface area contributed by atoms with Crippen LogP contribution < -0.4 is 10.6 Å². The molecule has 0 unspecified atom stereocenters. The normalized spacial score (nSPS) is 17.7. The van der Waals surface area contributed by atoms with E-state index in [0.717, 1.165) is 37.3 Å². The average molecular weight is 276 g/mol. The molecule has 0 spiro atoms. The highest BCUT2D eigenvalue weighted by atomic mass is 16.5. The minimum absolute atomic E-state index is 0.00881. The summed E-state index contributed by atoms with van der Waals surface area (Å²) >= 11 is 0. The number of ether oxygens (including phenoxy) is 1. The van der Waals surface area contributed by atoms with E-state index < -0.39 is 0 Å². The zero-order chi connectivity index (χ0) is 14.4. The summed E-state index contributed by atoms with van der Waals surface area (Å²) in [6.07, 6.45) is 2.15. The fraction of sp³-hybridized carbons (Fsp3) is 0.562. The van der Waals surface area contributed by atoms with Crippen molar-refractivity contribution in [2.75, 3.05) is 25.1 Å². The Balaban J connectivity index is 1.74. The molecular weight excluding hydrogens is 252 g/mol. The van der Waals surface area contributed by atoms with E-state index in [9.17, 15) is 4.79 Å². The summed E-state index contributed by atoms with van der Waals surface area (Å²) in [6.45, 7) is 6.20. The van der Waals surface area contributed by atoms with Gasteiger partial charge in [0, 0.05) is 24.9 Å². The Labute approximate surface area is 120 Å². The molecule has 0 aromatic heterocycles. The molecule has 0 bridgehead atoms. The van der Waals surface area contributed by atoms with Gasteiger partial charge in [0.15, 0.2) is 0 Å². The van der Waals surface area contributed by atoms with Gasteiger partial charge in [-0.05, 0) is 50.3 Å². The number of carbonyl (C=O) groups excluding carboxylic acids is 1. The van der Waals surface area contributed by atoms with E-state index in [2.05, 4.69) is 17.6 Å². The highest BCUT2D eigenvalue weighted by Crippen LogP contribution is 2.18. The molecule has 1 aliphatic rings. The molecular formula is C16H24N2O2. The van der Waals surface area contributed by atoms with Gasteiger partial charge in [-0.15, -0.1) is 0 Å². The van der Waals surface area contributed by atoms with Crippen molar-refractivity contribution >= 4 is 11.6 Å². The number of rotatable bonds is 5. The smallest absolute Gasteiger partial charge is 0.238 e. The number of amides is 1. The molecule has 110 valence electrons. The number of hydrogen-bond donors (Lipinski definition) is 2. The SMILES string of the molecule is Cc1cccc(NC(=O)CN[C@H](C)C2CCOCC2)c1. The Morgan fingerprint density at radius 1 is 1.40 bits per heavy atom. The van der Waals surface area contributed by atoms with Crippen LogP contribution >= 0.6 is 0 Å². The first-order chi connectivity index (χ1) is 9.65. The molecule has 1 saturated heterocycles. The first kappa shape index (κ1) is 15.0. The number of benzene rings is 1. The highest BCUT2D eigenvalue weighted by Gasteiger charge is 2.20. The van der Waals surface area contributed by atoms with Gasteiger partial charge in [-0.2, -0.15) is 0 Å². The first-order valence-corrected chi connectivity index (χ1v) is 7.33. The van der Waals surface area contributed by atoms with Crippen molar-refractivity contribution in [1.29, 1.82) is 0 Å². The van der Waals surface area contributed by atoms with Gasteiger partial charge >= 0.3 is 0 Å². The van der Waals surface area contributed by atoms with Crippen molar-refractivity contribution in [2.24, 2.45) is 5.92 Å². The second-order valence-corrected chi connectivity index (χ2v) is 5.54. The molecule has 0 saturated carbocycles. The van der Waals surface area contributed by atoms with Gasteiger partial charge in [-0.25, -0.2) is 0 Å². The molecule has 0 aliphatic carbocycles. The molecule has 0 radical (unpaired) electrons. The van der Waals surface area contributed by atoms with Crippen molar-refractivity contribution in [2.45, 2.75) is 32.7 Å². The summed E-state index contributed by atoms with van der Waals surface area (Å²) < 4.78 is 5.36. The molecule has 1 atom stereocenters. The van der Waals surface area contributed by atoms with E-state index >= 15 is 0 Å². The van der Waals surface area contributed by atoms with Crippen LogP contribution in [0.4, 0.5) is 5.69 Å². The zero-order valence-electron chi connectivity index (χ0n) is 12.3. The Morgan fingerprint density at radius 2 is 2.15 bits per heavy atom. The van der Waals surface area contributed by atoms with Crippen LogP contribution in [0, 0.1) is 12.8 Å². The molecule has 1 fully saturated rings. The van der Waals surface area contributed by atoms with Gasteiger partial charge in [-0.3, -0.25) is 4.79 Å². The van der Waals surface area contributed by atoms with E-state index in [0.29, 0.717) is 18.5 Å². The maximum Gasteiger partial charge on any atom is 0.238 e. The summed E-state index contributed by atoms with van der Waals surface area (Å²) in [4.78, 5) is 11.9. The molecule has 1 amide bonds. The molecule has 1 aliphatic heterocycles.